The maximum absolute atomic E-state index is 12.4. The number of benzene rings is 2. The van der Waals surface area contributed by atoms with Crippen molar-refractivity contribution in [2.75, 3.05) is 12.4 Å². The molecule has 10 heteroatoms. The number of ether oxygens (including phenoxy) is 1. The standard InChI is InChI=1S/C16H13Cl2N5O3/c1-26-14-7-6-10(17)8-12(14)19-15(24)9-22-16(25)23(21-20-22)13-5-3-2-4-11(13)18/h2-8H,9H2,1H3,(H,19,24). The zero-order valence-electron chi connectivity index (χ0n) is 13.5. The number of hydrogen-bond donors (Lipinski definition) is 1. The summed E-state index contributed by atoms with van der Waals surface area (Å²) in [5, 5.41) is 10.9. The van der Waals surface area contributed by atoms with Crippen LogP contribution in [0.4, 0.5) is 5.69 Å². The first-order chi connectivity index (χ1) is 12.5. The molecule has 0 radical (unpaired) electrons. The Hall–Kier alpha value is -2.84. The van der Waals surface area contributed by atoms with E-state index in [1.54, 1.807) is 42.5 Å². The quantitative estimate of drug-likeness (QED) is 0.718. The molecule has 1 aromatic heterocycles. The molecule has 3 aromatic rings. The Morgan fingerprint density at radius 1 is 1.19 bits per heavy atom. The number of carbonyl (C=O) groups excluding carboxylic acids is 1. The molecule has 8 nitrogen and oxygen atoms in total. The van der Waals surface area contributed by atoms with Gasteiger partial charge in [-0.25, -0.2) is 4.79 Å². The summed E-state index contributed by atoms with van der Waals surface area (Å²) in [7, 11) is 1.47. The third-order valence-electron chi connectivity index (χ3n) is 3.45. The van der Waals surface area contributed by atoms with E-state index in [4.69, 9.17) is 27.9 Å². The molecule has 0 saturated heterocycles. The van der Waals surface area contributed by atoms with E-state index in [9.17, 15) is 9.59 Å². The maximum atomic E-state index is 12.4. The van der Waals surface area contributed by atoms with Crippen LogP contribution in [0.2, 0.25) is 10.0 Å². The minimum Gasteiger partial charge on any atom is -0.495 e. The molecule has 26 heavy (non-hydrogen) atoms. The lowest BCUT2D eigenvalue weighted by Gasteiger charge is -2.10. The second-order valence-corrected chi connectivity index (χ2v) is 6.02. The van der Waals surface area contributed by atoms with Crippen molar-refractivity contribution in [2.45, 2.75) is 6.54 Å². The summed E-state index contributed by atoms with van der Waals surface area (Å²) in [6.45, 7) is -0.334. The minimum absolute atomic E-state index is 0.334. The minimum atomic E-state index is -0.591. The van der Waals surface area contributed by atoms with Crippen LogP contribution in [0.15, 0.2) is 47.3 Å². The Balaban J connectivity index is 1.80. The highest BCUT2D eigenvalue weighted by molar-refractivity contribution is 6.32. The van der Waals surface area contributed by atoms with Gasteiger partial charge < -0.3 is 10.1 Å². The summed E-state index contributed by atoms with van der Waals surface area (Å²) < 4.78 is 7.11. The van der Waals surface area contributed by atoms with Gasteiger partial charge in [0.25, 0.3) is 0 Å². The Kier molecular flexibility index (Phi) is 5.24. The molecular formula is C16H13Cl2N5O3. The van der Waals surface area contributed by atoms with Crippen molar-refractivity contribution in [3.63, 3.8) is 0 Å². The molecule has 0 atom stereocenters. The van der Waals surface area contributed by atoms with Gasteiger partial charge in [0.05, 0.1) is 23.5 Å². The van der Waals surface area contributed by atoms with Gasteiger partial charge in [0.2, 0.25) is 5.91 Å². The maximum Gasteiger partial charge on any atom is 0.369 e. The van der Waals surface area contributed by atoms with Crippen molar-refractivity contribution in [1.82, 2.24) is 19.8 Å². The smallest absolute Gasteiger partial charge is 0.369 e. The summed E-state index contributed by atoms with van der Waals surface area (Å²) in [5.74, 6) is -0.0475. The van der Waals surface area contributed by atoms with Crippen molar-refractivity contribution < 1.29 is 9.53 Å². The molecule has 0 bridgehead atoms. The van der Waals surface area contributed by atoms with Crippen molar-refractivity contribution in [1.29, 1.82) is 0 Å². The molecule has 134 valence electrons. The molecule has 0 saturated carbocycles. The van der Waals surface area contributed by atoms with E-state index in [0.717, 1.165) is 9.36 Å². The average Bonchev–Trinajstić information content (AvgIpc) is 2.96. The molecule has 0 fully saturated rings. The number of amides is 1. The summed E-state index contributed by atoms with van der Waals surface area (Å²) >= 11 is 12.0. The lowest BCUT2D eigenvalue weighted by Crippen LogP contribution is -2.29. The lowest BCUT2D eigenvalue weighted by atomic mass is 10.3. The molecule has 0 aliphatic rings. The SMILES string of the molecule is COc1ccc(Cl)cc1NC(=O)Cn1nnn(-c2ccccc2Cl)c1=O. The highest BCUT2D eigenvalue weighted by atomic mass is 35.5. The summed E-state index contributed by atoms with van der Waals surface area (Å²) in [6, 6.07) is 11.5. The van der Waals surface area contributed by atoms with Gasteiger partial charge in [-0.2, -0.15) is 9.36 Å². The van der Waals surface area contributed by atoms with E-state index in [1.807, 2.05) is 0 Å². The number of nitrogens with zero attached hydrogens (tertiary/aromatic N) is 4. The molecule has 1 heterocycles. The van der Waals surface area contributed by atoms with Crippen LogP contribution in [0, 0.1) is 0 Å². The van der Waals surface area contributed by atoms with Crippen LogP contribution < -0.4 is 15.7 Å². The summed E-state index contributed by atoms with van der Waals surface area (Å²) in [6.07, 6.45) is 0. The molecule has 2 aromatic carbocycles. The van der Waals surface area contributed by atoms with Gasteiger partial charge in [-0.1, -0.05) is 35.3 Å². The van der Waals surface area contributed by atoms with E-state index < -0.39 is 11.6 Å². The Morgan fingerprint density at radius 2 is 1.96 bits per heavy atom. The van der Waals surface area contributed by atoms with Crippen LogP contribution >= 0.6 is 23.2 Å². The van der Waals surface area contributed by atoms with Crippen LogP contribution in [-0.4, -0.2) is 32.8 Å². The molecule has 1 amide bonds. The second kappa shape index (κ2) is 7.59. The number of para-hydroxylation sites is 1. The van der Waals surface area contributed by atoms with Gasteiger partial charge in [0.15, 0.2) is 0 Å². The number of aromatic nitrogens is 4. The number of carbonyl (C=O) groups is 1. The number of anilines is 1. The third-order valence-corrected chi connectivity index (χ3v) is 4.00. The summed E-state index contributed by atoms with van der Waals surface area (Å²) in [5.41, 5.74) is 0.171. The first-order valence-electron chi connectivity index (χ1n) is 7.40. The molecule has 0 unspecified atom stereocenters. The zero-order valence-corrected chi connectivity index (χ0v) is 15.0. The highest BCUT2D eigenvalue weighted by Crippen LogP contribution is 2.27. The number of methoxy groups -OCH3 is 1. The molecule has 1 N–H and O–H groups in total. The van der Waals surface area contributed by atoms with Crippen LogP contribution in [0.1, 0.15) is 0 Å². The molecule has 0 spiro atoms. The zero-order chi connectivity index (χ0) is 18.7. The fourth-order valence-electron chi connectivity index (χ4n) is 2.25. The third kappa shape index (κ3) is 3.71. The van der Waals surface area contributed by atoms with Gasteiger partial charge in [-0.05, 0) is 40.8 Å². The van der Waals surface area contributed by atoms with Gasteiger partial charge in [0, 0.05) is 5.02 Å². The van der Waals surface area contributed by atoms with Crippen LogP contribution in [-0.2, 0) is 11.3 Å². The first kappa shape index (κ1) is 18.0. The predicted molar refractivity (Wildman–Crippen MR) is 97.3 cm³/mol. The lowest BCUT2D eigenvalue weighted by molar-refractivity contribution is -0.117. The van der Waals surface area contributed by atoms with Gasteiger partial charge in [-0.3, -0.25) is 4.79 Å². The van der Waals surface area contributed by atoms with Crippen LogP contribution in [0.25, 0.3) is 5.69 Å². The van der Waals surface area contributed by atoms with E-state index >= 15 is 0 Å². The molecular weight excluding hydrogens is 381 g/mol. The van der Waals surface area contributed by atoms with Crippen LogP contribution in [0.3, 0.4) is 0 Å². The normalized spacial score (nSPS) is 10.6. The van der Waals surface area contributed by atoms with E-state index in [1.165, 1.54) is 7.11 Å². The van der Waals surface area contributed by atoms with Crippen molar-refractivity contribution in [3.05, 3.63) is 63.0 Å². The van der Waals surface area contributed by atoms with E-state index in [0.29, 0.717) is 27.2 Å². The fourth-order valence-corrected chi connectivity index (χ4v) is 2.64. The molecule has 0 aliphatic carbocycles. The Morgan fingerprint density at radius 3 is 2.69 bits per heavy atom. The highest BCUT2D eigenvalue weighted by Gasteiger charge is 2.15. The number of tetrazole rings is 1. The average molecular weight is 394 g/mol. The van der Waals surface area contributed by atoms with Crippen molar-refractivity contribution >= 4 is 34.8 Å². The largest absolute Gasteiger partial charge is 0.495 e. The molecule has 3 rings (SSSR count). The summed E-state index contributed by atoms with van der Waals surface area (Å²) in [4.78, 5) is 24.7. The van der Waals surface area contributed by atoms with Crippen LogP contribution in [0.5, 0.6) is 5.75 Å². The monoisotopic (exact) mass is 393 g/mol. The number of nitrogens with one attached hydrogen (secondary N) is 1. The van der Waals surface area contributed by atoms with Gasteiger partial charge in [-0.15, -0.1) is 0 Å². The van der Waals surface area contributed by atoms with Crippen molar-refractivity contribution in [2.24, 2.45) is 0 Å². The topological polar surface area (TPSA) is 91.0 Å². The van der Waals surface area contributed by atoms with Gasteiger partial charge in [0.1, 0.15) is 12.3 Å². The first-order valence-corrected chi connectivity index (χ1v) is 8.16. The Labute approximate surface area is 157 Å². The number of hydrogen-bond acceptors (Lipinski definition) is 5. The van der Waals surface area contributed by atoms with E-state index in [-0.39, 0.29) is 6.54 Å². The Bertz CT molecular complexity index is 1020. The molecule has 0 aliphatic heterocycles. The van der Waals surface area contributed by atoms with E-state index in [2.05, 4.69) is 15.7 Å². The number of halogens is 2. The van der Waals surface area contributed by atoms with Crippen molar-refractivity contribution in [3.8, 4) is 11.4 Å². The van der Waals surface area contributed by atoms with Gasteiger partial charge >= 0.3 is 5.69 Å². The fraction of sp³-hybridized carbons (Fsp3) is 0.125. The predicted octanol–water partition coefficient (Wildman–Crippen LogP) is 2.38. The number of rotatable bonds is 5. The second-order valence-electron chi connectivity index (χ2n) is 5.18.